The number of nitrogens with zero attached hydrogens (tertiary/aromatic N) is 1. The van der Waals surface area contributed by atoms with Gasteiger partial charge in [0, 0.05) is 0 Å². The molecule has 0 N–H and O–H groups in total. The molecule has 0 fully saturated rings. The molecule has 1 rings (SSSR count). The first-order valence-electron chi connectivity index (χ1n) is 4.08. The van der Waals surface area contributed by atoms with E-state index in [2.05, 4.69) is 9.47 Å². The quantitative estimate of drug-likeness (QED) is 0.461. The van der Waals surface area contributed by atoms with Crippen molar-refractivity contribution in [3.63, 3.8) is 0 Å². The molecule has 5 nitrogen and oxygen atoms in total. The molecule has 1 aromatic carbocycles. The number of nitro benzene ring substituents is 1. The number of halogens is 4. The highest BCUT2D eigenvalue weighted by atomic mass is 19.3. The predicted octanol–water partition coefficient (Wildman–Crippen LogP) is 2.80. The summed E-state index contributed by atoms with van der Waals surface area (Å²) in [4.78, 5) is 9.43. The van der Waals surface area contributed by atoms with Crippen molar-refractivity contribution in [2.75, 3.05) is 0 Å². The molecule has 0 aliphatic rings. The van der Waals surface area contributed by atoms with Crippen LogP contribution >= 0.6 is 0 Å². The average molecular weight is 255 g/mol. The van der Waals surface area contributed by atoms with Gasteiger partial charge in [-0.1, -0.05) is 0 Å². The SMILES string of the molecule is O=[N+]([O-])c1cc(OC(F)F)ccc1OC(F)F. The zero-order valence-electron chi connectivity index (χ0n) is 7.98. The second-order valence-corrected chi connectivity index (χ2v) is 2.64. The molecule has 0 amide bonds. The Labute approximate surface area is 91.7 Å². The van der Waals surface area contributed by atoms with Crippen molar-refractivity contribution >= 4 is 5.69 Å². The third-order valence-electron chi connectivity index (χ3n) is 1.57. The van der Waals surface area contributed by atoms with Crippen LogP contribution in [-0.2, 0) is 0 Å². The number of hydrogen-bond acceptors (Lipinski definition) is 4. The second-order valence-electron chi connectivity index (χ2n) is 2.64. The molecular formula is C8H5F4NO4. The summed E-state index contributed by atoms with van der Waals surface area (Å²) in [6.07, 6.45) is 0. The summed E-state index contributed by atoms with van der Waals surface area (Å²) in [7, 11) is 0. The van der Waals surface area contributed by atoms with E-state index in [0.29, 0.717) is 6.07 Å². The lowest BCUT2D eigenvalue weighted by atomic mass is 10.3. The predicted molar refractivity (Wildman–Crippen MR) is 46.4 cm³/mol. The van der Waals surface area contributed by atoms with Crippen molar-refractivity contribution < 1.29 is 32.0 Å². The van der Waals surface area contributed by atoms with Crippen molar-refractivity contribution in [3.05, 3.63) is 28.3 Å². The van der Waals surface area contributed by atoms with Gasteiger partial charge in [-0.3, -0.25) is 10.1 Å². The molecule has 0 saturated carbocycles. The normalized spacial score (nSPS) is 10.7. The van der Waals surface area contributed by atoms with Crippen molar-refractivity contribution in [1.29, 1.82) is 0 Å². The molecule has 94 valence electrons. The molecule has 0 spiro atoms. The van der Waals surface area contributed by atoms with E-state index < -0.39 is 35.3 Å². The van der Waals surface area contributed by atoms with Gasteiger partial charge in [0.2, 0.25) is 5.75 Å². The van der Waals surface area contributed by atoms with Crippen LogP contribution in [0, 0.1) is 10.1 Å². The van der Waals surface area contributed by atoms with Crippen LogP contribution in [-0.4, -0.2) is 18.1 Å². The molecule has 0 unspecified atom stereocenters. The van der Waals surface area contributed by atoms with Gasteiger partial charge < -0.3 is 9.47 Å². The lowest BCUT2D eigenvalue weighted by Gasteiger charge is -2.07. The number of nitro groups is 1. The van der Waals surface area contributed by atoms with Crippen molar-refractivity contribution in [2.24, 2.45) is 0 Å². The van der Waals surface area contributed by atoms with Crippen molar-refractivity contribution in [1.82, 2.24) is 0 Å². The first kappa shape index (κ1) is 13.0. The zero-order valence-corrected chi connectivity index (χ0v) is 7.98. The number of hydrogen-bond donors (Lipinski definition) is 0. The summed E-state index contributed by atoms with van der Waals surface area (Å²) in [5, 5.41) is 10.5. The fourth-order valence-electron chi connectivity index (χ4n) is 1.01. The Hall–Kier alpha value is -2.06. The van der Waals surface area contributed by atoms with Crippen LogP contribution in [0.3, 0.4) is 0 Å². The summed E-state index contributed by atoms with van der Waals surface area (Å²) in [5.74, 6) is -1.25. The third-order valence-corrected chi connectivity index (χ3v) is 1.57. The van der Waals surface area contributed by atoms with Crippen LogP contribution in [0.2, 0.25) is 0 Å². The Morgan fingerprint density at radius 2 is 1.71 bits per heavy atom. The minimum Gasteiger partial charge on any atom is -0.435 e. The lowest BCUT2D eigenvalue weighted by molar-refractivity contribution is -0.386. The molecule has 0 saturated heterocycles. The maximum Gasteiger partial charge on any atom is 0.387 e. The Kier molecular flexibility index (Phi) is 4.07. The first-order chi connectivity index (χ1) is 7.90. The smallest absolute Gasteiger partial charge is 0.387 e. The van der Waals surface area contributed by atoms with Crippen LogP contribution in [0.1, 0.15) is 0 Å². The van der Waals surface area contributed by atoms with Crippen LogP contribution in [0.15, 0.2) is 18.2 Å². The summed E-state index contributed by atoms with van der Waals surface area (Å²) in [6.45, 7) is -6.42. The molecule has 0 aromatic heterocycles. The van der Waals surface area contributed by atoms with Crippen LogP contribution < -0.4 is 9.47 Å². The lowest BCUT2D eigenvalue weighted by Crippen LogP contribution is -2.06. The second kappa shape index (κ2) is 5.32. The van der Waals surface area contributed by atoms with Gasteiger partial charge >= 0.3 is 18.9 Å². The Morgan fingerprint density at radius 3 is 2.18 bits per heavy atom. The minimum absolute atomic E-state index is 0.520. The summed E-state index contributed by atoms with van der Waals surface area (Å²) in [6, 6.07) is 2.18. The average Bonchev–Trinajstić information content (AvgIpc) is 2.18. The highest BCUT2D eigenvalue weighted by Gasteiger charge is 2.20. The molecule has 1 aromatic rings. The molecule has 0 radical (unpaired) electrons. The zero-order chi connectivity index (χ0) is 13.0. The van der Waals surface area contributed by atoms with Gasteiger partial charge in [0.05, 0.1) is 11.0 Å². The molecular weight excluding hydrogens is 250 g/mol. The molecule has 0 aliphatic heterocycles. The van der Waals surface area contributed by atoms with Gasteiger partial charge in [-0.25, -0.2) is 0 Å². The standard InChI is InChI=1S/C8H5F4NO4/c9-7(10)16-4-1-2-6(17-8(11)12)5(3-4)13(14)15/h1-3,7-8H. The van der Waals surface area contributed by atoms with Crippen LogP contribution in [0.25, 0.3) is 0 Å². The van der Waals surface area contributed by atoms with E-state index >= 15 is 0 Å². The van der Waals surface area contributed by atoms with E-state index in [1.807, 2.05) is 0 Å². The molecule has 9 heteroatoms. The van der Waals surface area contributed by atoms with E-state index in [1.165, 1.54) is 0 Å². The van der Waals surface area contributed by atoms with Crippen molar-refractivity contribution in [3.8, 4) is 11.5 Å². The van der Waals surface area contributed by atoms with E-state index in [1.54, 1.807) is 0 Å². The molecule has 0 atom stereocenters. The molecule has 0 bridgehead atoms. The van der Waals surface area contributed by atoms with E-state index in [4.69, 9.17) is 0 Å². The number of ether oxygens (including phenoxy) is 2. The third kappa shape index (κ3) is 3.78. The van der Waals surface area contributed by atoms with E-state index in [-0.39, 0.29) is 0 Å². The minimum atomic E-state index is -3.25. The topological polar surface area (TPSA) is 61.6 Å². The van der Waals surface area contributed by atoms with Gasteiger partial charge in [0.15, 0.2) is 0 Å². The van der Waals surface area contributed by atoms with Gasteiger partial charge in [-0.15, -0.1) is 0 Å². The molecule has 17 heavy (non-hydrogen) atoms. The fourth-order valence-corrected chi connectivity index (χ4v) is 1.01. The monoisotopic (exact) mass is 255 g/mol. The fraction of sp³-hybridized carbons (Fsp3) is 0.250. The Balaban J connectivity index is 3.04. The summed E-state index contributed by atoms with van der Waals surface area (Å²) < 4.78 is 55.1. The summed E-state index contributed by atoms with van der Waals surface area (Å²) >= 11 is 0. The van der Waals surface area contributed by atoms with Gasteiger partial charge in [0.25, 0.3) is 0 Å². The van der Waals surface area contributed by atoms with Crippen molar-refractivity contribution in [2.45, 2.75) is 13.2 Å². The number of alkyl halides is 4. The van der Waals surface area contributed by atoms with Gasteiger partial charge in [0.1, 0.15) is 5.75 Å². The van der Waals surface area contributed by atoms with E-state index in [0.717, 1.165) is 12.1 Å². The Morgan fingerprint density at radius 1 is 1.12 bits per heavy atom. The van der Waals surface area contributed by atoms with Crippen LogP contribution in [0.5, 0.6) is 11.5 Å². The Bertz CT molecular complexity index is 413. The van der Waals surface area contributed by atoms with Crippen LogP contribution in [0.4, 0.5) is 23.2 Å². The highest BCUT2D eigenvalue weighted by Crippen LogP contribution is 2.32. The number of benzene rings is 1. The molecule has 0 heterocycles. The van der Waals surface area contributed by atoms with Gasteiger partial charge in [-0.05, 0) is 12.1 Å². The summed E-state index contributed by atoms with van der Waals surface area (Å²) in [5.41, 5.74) is -0.886. The van der Waals surface area contributed by atoms with E-state index in [9.17, 15) is 27.7 Å². The number of rotatable bonds is 5. The molecule has 0 aliphatic carbocycles. The van der Waals surface area contributed by atoms with Gasteiger partial charge in [-0.2, -0.15) is 17.6 Å². The maximum atomic E-state index is 11.9. The largest absolute Gasteiger partial charge is 0.435 e. The maximum absolute atomic E-state index is 11.9. The first-order valence-corrected chi connectivity index (χ1v) is 4.08. The highest BCUT2D eigenvalue weighted by molar-refractivity contribution is 5.50.